The number of aromatic amines is 1. The largest absolute Gasteiger partial charge is 0.326 e. The highest BCUT2D eigenvalue weighted by Crippen LogP contribution is 2.17. The van der Waals surface area contributed by atoms with Crippen molar-refractivity contribution in [3.05, 3.63) is 53.1 Å². The molecule has 0 aliphatic heterocycles. The van der Waals surface area contributed by atoms with Gasteiger partial charge in [-0.1, -0.05) is 15.9 Å². The molecule has 0 unspecified atom stereocenters. The summed E-state index contributed by atoms with van der Waals surface area (Å²) in [4.78, 5) is 12.1. The van der Waals surface area contributed by atoms with Crippen LogP contribution in [-0.4, -0.2) is 31.1 Å². The van der Waals surface area contributed by atoms with Crippen LogP contribution in [0.4, 0.5) is 5.69 Å². The monoisotopic (exact) mass is 422 g/mol. The van der Waals surface area contributed by atoms with Crippen LogP contribution in [0.25, 0.3) is 10.9 Å². The van der Waals surface area contributed by atoms with E-state index in [-0.39, 0.29) is 23.8 Å². The zero-order valence-corrected chi connectivity index (χ0v) is 15.4. The van der Waals surface area contributed by atoms with E-state index in [1.54, 1.807) is 30.5 Å². The Labute approximate surface area is 153 Å². The molecule has 0 fully saturated rings. The Kier molecular flexibility index (Phi) is 5.16. The van der Waals surface area contributed by atoms with Crippen molar-refractivity contribution >= 4 is 48.5 Å². The highest BCUT2D eigenvalue weighted by Gasteiger charge is 2.14. The highest BCUT2D eigenvalue weighted by atomic mass is 79.9. The number of aromatic nitrogens is 2. The standard InChI is InChI=1S/C16H15BrN4O3S/c17-12-1-4-14(5-2-12)25(23,24)19-8-7-16(22)20-13-3-6-15-11(9-13)10-18-21-15/h1-6,9-10,19H,7-8H2,(H,18,21)(H,20,22). The van der Waals surface area contributed by atoms with Gasteiger partial charge in [0.15, 0.2) is 0 Å². The number of halogens is 1. The molecule has 7 nitrogen and oxygen atoms in total. The summed E-state index contributed by atoms with van der Waals surface area (Å²) >= 11 is 3.25. The molecule has 0 radical (unpaired) electrons. The Bertz CT molecular complexity index is 1000. The first kappa shape index (κ1) is 17.6. The summed E-state index contributed by atoms with van der Waals surface area (Å²) in [5.74, 6) is -0.277. The Morgan fingerprint density at radius 2 is 1.92 bits per heavy atom. The number of carbonyl (C=O) groups is 1. The summed E-state index contributed by atoms with van der Waals surface area (Å²) in [6, 6.07) is 11.6. The minimum absolute atomic E-state index is 0.0121. The minimum Gasteiger partial charge on any atom is -0.326 e. The topological polar surface area (TPSA) is 104 Å². The molecule has 3 aromatic rings. The van der Waals surface area contributed by atoms with Crippen LogP contribution >= 0.6 is 15.9 Å². The summed E-state index contributed by atoms with van der Waals surface area (Å²) in [6.07, 6.45) is 1.69. The van der Waals surface area contributed by atoms with Crippen molar-refractivity contribution in [3.8, 4) is 0 Å². The lowest BCUT2D eigenvalue weighted by Crippen LogP contribution is -2.27. The molecule has 9 heteroatoms. The summed E-state index contributed by atoms with van der Waals surface area (Å²) < 4.78 is 27.5. The number of hydrogen-bond acceptors (Lipinski definition) is 4. The van der Waals surface area contributed by atoms with E-state index in [9.17, 15) is 13.2 Å². The van der Waals surface area contributed by atoms with E-state index in [0.29, 0.717) is 5.69 Å². The molecule has 1 aromatic heterocycles. The maximum Gasteiger partial charge on any atom is 0.240 e. The number of nitrogens with zero attached hydrogens (tertiary/aromatic N) is 1. The first-order valence-corrected chi connectivity index (χ1v) is 9.70. The van der Waals surface area contributed by atoms with Gasteiger partial charge in [-0.15, -0.1) is 0 Å². The normalized spacial score (nSPS) is 11.6. The van der Waals surface area contributed by atoms with Crippen molar-refractivity contribution in [2.24, 2.45) is 0 Å². The van der Waals surface area contributed by atoms with Gasteiger partial charge >= 0.3 is 0 Å². The maximum absolute atomic E-state index is 12.1. The lowest BCUT2D eigenvalue weighted by Gasteiger charge is -2.08. The van der Waals surface area contributed by atoms with Crippen molar-refractivity contribution in [2.45, 2.75) is 11.3 Å². The Hall–Kier alpha value is -2.23. The van der Waals surface area contributed by atoms with Gasteiger partial charge in [-0.2, -0.15) is 5.10 Å². The Balaban J connectivity index is 1.54. The van der Waals surface area contributed by atoms with Crippen molar-refractivity contribution < 1.29 is 13.2 Å². The number of sulfonamides is 1. The molecule has 3 N–H and O–H groups in total. The number of anilines is 1. The van der Waals surface area contributed by atoms with Crippen molar-refractivity contribution in [1.82, 2.24) is 14.9 Å². The summed E-state index contributed by atoms with van der Waals surface area (Å²) in [5, 5.41) is 10.4. The van der Waals surface area contributed by atoms with Crippen LogP contribution in [0.5, 0.6) is 0 Å². The molecule has 3 rings (SSSR count). The fourth-order valence-corrected chi connectivity index (χ4v) is 3.54. The average Bonchev–Trinajstić information content (AvgIpc) is 3.02. The van der Waals surface area contributed by atoms with Gasteiger partial charge in [0.25, 0.3) is 0 Å². The van der Waals surface area contributed by atoms with E-state index in [4.69, 9.17) is 0 Å². The molecular weight excluding hydrogens is 408 g/mol. The molecule has 25 heavy (non-hydrogen) atoms. The van der Waals surface area contributed by atoms with Crippen molar-refractivity contribution in [2.75, 3.05) is 11.9 Å². The lowest BCUT2D eigenvalue weighted by molar-refractivity contribution is -0.116. The summed E-state index contributed by atoms with van der Waals surface area (Å²) in [7, 11) is -3.63. The van der Waals surface area contributed by atoms with Crippen LogP contribution in [0.3, 0.4) is 0 Å². The van der Waals surface area contributed by atoms with E-state index in [1.165, 1.54) is 12.1 Å². The highest BCUT2D eigenvalue weighted by molar-refractivity contribution is 9.10. The number of fused-ring (bicyclic) bond motifs is 1. The van der Waals surface area contributed by atoms with E-state index in [1.807, 2.05) is 6.07 Å². The number of amides is 1. The van der Waals surface area contributed by atoms with Gasteiger partial charge in [0.2, 0.25) is 15.9 Å². The van der Waals surface area contributed by atoms with Gasteiger partial charge in [-0.05, 0) is 42.5 Å². The quantitative estimate of drug-likeness (QED) is 0.567. The molecule has 0 aliphatic rings. The molecule has 0 bridgehead atoms. The van der Waals surface area contributed by atoms with Gasteiger partial charge in [0, 0.05) is 28.5 Å². The van der Waals surface area contributed by atoms with Gasteiger partial charge in [0.05, 0.1) is 16.6 Å². The first-order valence-electron chi connectivity index (χ1n) is 7.42. The molecule has 0 spiro atoms. The summed E-state index contributed by atoms with van der Waals surface area (Å²) in [6.45, 7) is 0.0121. The van der Waals surface area contributed by atoms with E-state index in [0.717, 1.165) is 15.4 Å². The second kappa shape index (κ2) is 7.34. The number of carbonyl (C=O) groups excluding carboxylic acids is 1. The molecule has 2 aromatic carbocycles. The van der Waals surface area contributed by atoms with Gasteiger partial charge in [-0.25, -0.2) is 13.1 Å². The number of nitrogens with one attached hydrogen (secondary N) is 3. The van der Waals surface area contributed by atoms with Crippen LogP contribution < -0.4 is 10.0 Å². The van der Waals surface area contributed by atoms with Crippen molar-refractivity contribution in [3.63, 3.8) is 0 Å². The third kappa shape index (κ3) is 4.44. The summed E-state index contributed by atoms with van der Waals surface area (Å²) in [5.41, 5.74) is 1.51. The van der Waals surface area contributed by atoms with Gasteiger partial charge in [-0.3, -0.25) is 9.89 Å². The second-order valence-corrected chi connectivity index (χ2v) is 8.00. The van der Waals surface area contributed by atoms with Crippen LogP contribution in [0.2, 0.25) is 0 Å². The van der Waals surface area contributed by atoms with Crippen LogP contribution in [0.15, 0.2) is 58.0 Å². The SMILES string of the molecule is O=C(CCNS(=O)(=O)c1ccc(Br)cc1)Nc1ccc2[nH]ncc2c1. The predicted octanol–water partition coefficient (Wildman–Crippen LogP) is 2.63. The number of benzene rings is 2. The van der Waals surface area contributed by atoms with Crippen LogP contribution in [0.1, 0.15) is 6.42 Å². The zero-order valence-electron chi connectivity index (χ0n) is 13.0. The number of rotatable bonds is 6. The third-order valence-electron chi connectivity index (χ3n) is 3.49. The smallest absolute Gasteiger partial charge is 0.240 e. The second-order valence-electron chi connectivity index (χ2n) is 5.32. The van der Waals surface area contributed by atoms with Crippen LogP contribution in [-0.2, 0) is 14.8 Å². The Morgan fingerprint density at radius 3 is 2.68 bits per heavy atom. The minimum atomic E-state index is -3.63. The molecule has 1 amide bonds. The zero-order chi connectivity index (χ0) is 17.9. The number of hydrogen-bond donors (Lipinski definition) is 3. The predicted molar refractivity (Wildman–Crippen MR) is 98.7 cm³/mol. The molecule has 0 atom stereocenters. The van der Waals surface area contributed by atoms with Crippen LogP contribution in [0, 0.1) is 0 Å². The van der Waals surface area contributed by atoms with E-state index < -0.39 is 10.0 Å². The molecule has 1 heterocycles. The number of H-pyrrole nitrogens is 1. The molecular formula is C16H15BrN4O3S. The van der Waals surface area contributed by atoms with E-state index >= 15 is 0 Å². The van der Waals surface area contributed by atoms with E-state index in [2.05, 4.69) is 36.2 Å². The fraction of sp³-hybridized carbons (Fsp3) is 0.125. The molecule has 0 saturated carbocycles. The molecule has 0 saturated heterocycles. The lowest BCUT2D eigenvalue weighted by atomic mass is 10.2. The molecule has 0 aliphatic carbocycles. The average molecular weight is 423 g/mol. The Morgan fingerprint density at radius 1 is 1.16 bits per heavy atom. The third-order valence-corrected chi connectivity index (χ3v) is 5.50. The van der Waals surface area contributed by atoms with Crippen molar-refractivity contribution in [1.29, 1.82) is 0 Å². The fourth-order valence-electron chi connectivity index (χ4n) is 2.24. The van der Waals surface area contributed by atoms with Gasteiger partial charge in [0.1, 0.15) is 0 Å². The first-order chi connectivity index (χ1) is 11.9. The van der Waals surface area contributed by atoms with Gasteiger partial charge < -0.3 is 5.32 Å². The molecule has 130 valence electrons. The maximum atomic E-state index is 12.1.